The van der Waals surface area contributed by atoms with Crippen molar-refractivity contribution >= 4 is 11.8 Å². The third-order valence-electron chi connectivity index (χ3n) is 5.14. The van der Waals surface area contributed by atoms with Crippen LogP contribution in [0.2, 0.25) is 0 Å². The van der Waals surface area contributed by atoms with E-state index in [1.807, 2.05) is 11.8 Å². The van der Waals surface area contributed by atoms with Gasteiger partial charge in [0.15, 0.2) is 0 Å². The van der Waals surface area contributed by atoms with Gasteiger partial charge in [-0.3, -0.25) is 0 Å². The highest BCUT2D eigenvalue weighted by atomic mass is 32.2. The molecule has 2 aliphatic carbocycles. The zero-order chi connectivity index (χ0) is 14.7. The molecule has 3 rings (SSSR count). The number of allylic oxidation sites excluding steroid dienone is 2. The van der Waals surface area contributed by atoms with Crippen LogP contribution in [0.5, 0.6) is 0 Å². The van der Waals surface area contributed by atoms with E-state index in [0.29, 0.717) is 12.1 Å². The van der Waals surface area contributed by atoms with E-state index in [1.165, 1.54) is 55.4 Å². The summed E-state index contributed by atoms with van der Waals surface area (Å²) in [6.07, 6.45) is 11.7. The molecular formula is C19H27NS. The van der Waals surface area contributed by atoms with E-state index >= 15 is 0 Å². The molecular weight excluding hydrogens is 274 g/mol. The molecule has 0 heterocycles. The molecule has 0 amide bonds. The lowest BCUT2D eigenvalue weighted by Gasteiger charge is -2.32. The smallest absolute Gasteiger partial charge is 0.0305 e. The van der Waals surface area contributed by atoms with Gasteiger partial charge in [-0.2, -0.15) is 0 Å². The SMILES string of the molecule is CSc1ccccc1[C@@H](C)NC1CCC(=C2CCC2)CC1. The van der Waals surface area contributed by atoms with Crippen LogP contribution in [-0.2, 0) is 0 Å². The standard InChI is InChI=1S/C19H27NS/c1-14(18-8-3-4-9-19(18)21-2)20-17-12-10-16(11-13-17)15-6-5-7-15/h3-4,8-9,14,17,20H,5-7,10-13H2,1-2H3/t14-/m1/s1. The molecule has 1 atom stereocenters. The number of hydrogen-bond acceptors (Lipinski definition) is 2. The molecule has 1 N–H and O–H groups in total. The molecule has 2 heteroatoms. The first-order valence-corrected chi connectivity index (χ1v) is 9.59. The summed E-state index contributed by atoms with van der Waals surface area (Å²) in [6, 6.07) is 9.95. The molecule has 0 aromatic heterocycles. The molecule has 2 fully saturated rings. The minimum Gasteiger partial charge on any atom is -0.307 e. The maximum Gasteiger partial charge on any atom is 0.0305 e. The molecule has 21 heavy (non-hydrogen) atoms. The molecule has 0 unspecified atom stereocenters. The third-order valence-corrected chi connectivity index (χ3v) is 5.95. The van der Waals surface area contributed by atoms with Gasteiger partial charge in [-0.05, 0) is 69.8 Å². The van der Waals surface area contributed by atoms with Crippen LogP contribution in [0.1, 0.15) is 63.5 Å². The highest BCUT2D eigenvalue weighted by molar-refractivity contribution is 7.98. The number of benzene rings is 1. The maximum atomic E-state index is 3.87. The molecule has 0 radical (unpaired) electrons. The molecule has 2 aliphatic rings. The first-order chi connectivity index (χ1) is 10.3. The van der Waals surface area contributed by atoms with E-state index in [9.17, 15) is 0 Å². The molecule has 0 spiro atoms. The highest BCUT2D eigenvalue weighted by Gasteiger charge is 2.23. The van der Waals surface area contributed by atoms with Crippen LogP contribution >= 0.6 is 11.8 Å². The first-order valence-electron chi connectivity index (χ1n) is 8.36. The predicted molar refractivity (Wildman–Crippen MR) is 92.9 cm³/mol. The second-order valence-electron chi connectivity index (χ2n) is 6.47. The van der Waals surface area contributed by atoms with Crippen molar-refractivity contribution in [1.29, 1.82) is 0 Å². The Kier molecular flexibility index (Phi) is 5.07. The van der Waals surface area contributed by atoms with Crippen LogP contribution in [0.4, 0.5) is 0 Å². The van der Waals surface area contributed by atoms with Crippen LogP contribution in [0, 0.1) is 0 Å². The van der Waals surface area contributed by atoms with E-state index in [0.717, 1.165) is 0 Å². The number of rotatable bonds is 4. The summed E-state index contributed by atoms with van der Waals surface area (Å²) in [6.45, 7) is 2.31. The van der Waals surface area contributed by atoms with Crippen LogP contribution in [0.3, 0.4) is 0 Å². The quantitative estimate of drug-likeness (QED) is 0.583. The highest BCUT2D eigenvalue weighted by Crippen LogP contribution is 2.36. The first kappa shape index (κ1) is 15.2. The fourth-order valence-electron chi connectivity index (χ4n) is 3.66. The van der Waals surface area contributed by atoms with Gasteiger partial charge in [0.2, 0.25) is 0 Å². The maximum absolute atomic E-state index is 3.87. The summed E-state index contributed by atoms with van der Waals surface area (Å²) < 4.78 is 0. The molecule has 2 saturated carbocycles. The van der Waals surface area contributed by atoms with Gasteiger partial charge >= 0.3 is 0 Å². The third kappa shape index (κ3) is 3.54. The zero-order valence-electron chi connectivity index (χ0n) is 13.3. The van der Waals surface area contributed by atoms with Gasteiger partial charge in [-0.25, -0.2) is 0 Å². The second kappa shape index (κ2) is 7.02. The Hall–Kier alpha value is -0.730. The van der Waals surface area contributed by atoms with E-state index < -0.39 is 0 Å². The lowest BCUT2D eigenvalue weighted by molar-refractivity contribution is 0.376. The largest absolute Gasteiger partial charge is 0.307 e. The summed E-state index contributed by atoms with van der Waals surface area (Å²) in [5, 5.41) is 3.87. The van der Waals surface area contributed by atoms with Gasteiger partial charge < -0.3 is 5.32 Å². The topological polar surface area (TPSA) is 12.0 Å². The molecule has 1 aromatic rings. The van der Waals surface area contributed by atoms with E-state index in [-0.39, 0.29) is 0 Å². The lowest BCUT2D eigenvalue weighted by Crippen LogP contribution is -2.34. The summed E-state index contributed by atoms with van der Waals surface area (Å²) >= 11 is 1.85. The Morgan fingerprint density at radius 3 is 2.33 bits per heavy atom. The number of hydrogen-bond donors (Lipinski definition) is 1. The van der Waals surface area contributed by atoms with E-state index in [4.69, 9.17) is 0 Å². The second-order valence-corrected chi connectivity index (χ2v) is 7.31. The van der Waals surface area contributed by atoms with Gasteiger partial charge in [0.05, 0.1) is 0 Å². The molecule has 1 aromatic carbocycles. The summed E-state index contributed by atoms with van der Waals surface area (Å²) in [5.74, 6) is 0. The Morgan fingerprint density at radius 2 is 1.71 bits per heavy atom. The van der Waals surface area contributed by atoms with Gasteiger partial charge in [-0.15, -0.1) is 11.8 Å². The van der Waals surface area contributed by atoms with Crippen LogP contribution < -0.4 is 5.32 Å². The fraction of sp³-hybridized carbons (Fsp3) is 0.579. The molecule has 0 aliphatic heterocycles. The van der Waals surface area contributed by atoms with Crippen molar-refractivity contribution in [3.8, 4) is 0 Å². The van der Waals surface area contributed by atoms with Gasteiger partial charge in [0, 0.05) is 17.0 Å². The normalized spacial score (nSPS) is 23.8. The summed E-state index contributed by atoms with van der Waals surface area (Å²) in [4.78, 5) is 1.41. The van der Waals surface area contributed by atoms with Gasteiger partial charge in [0.1, 0.15) is 0 Å². The van der Waals surface area contributed by atoms with Crippen molar-refractivity contribution in [3.63, 3.8) is 0 Å². The van der Waals surface area contributed by atoms with Crippen molar-refractivity contribution in [3.05, 3.63) is 41.0 Å². The van der Waals surface area contributed by atoms with Crippen LogP contribution in [0.15, 0.2) is 40.3 Å². The number of thioether (sulfide) groups is 1. The molecule has 1 nitrogen and oxygen atoms in total. The minimum absolute atomic E-state index is 0.455. The Balaban J connectivity index is 1.57. The zero-order valence-corrected chi connectivity index (χ0v) is 14.1. The monoisotopic (exact) mass is 301 g/mol. The summed E-state index contributed by atoms with van der Waals surface area (Å²) in [5.41, 5.74) is 5.05. The number of nitrogens with one attached hydrogen (secondary N) is 1. The van der Waals surface area contributed by atoms with E-state index in [1.54, 1.807) is 11.1 Å². The van der Waals surface area contributed by atoms with Gasteiger partial charge in [0.25, 0.3) is 0 Å². The van der Waals surface area contributed by atoms with Crippen molar-refractivity contribution < 1.29 is 0 Å². The molecule has 0 bridgehead atoms. The van der Waals surface area contributed by atoms with E-state index in [2.05, 4.69) is 42.8 Å². The van der Waals surface area contributed by atoms with Crippen molar-refractivity contribution in [1.82, 2.24) is 5.32 Å². The lowest BCUT2D eigenvalue weighted by atomic mass is 9.80. The Bertz CT molecular complexity index is 504. The molecule has 0 saturated heterocycles. The average molecular weight is 301 g/mol. The fourth-order valence-corrected chi connectivity index (χ4v) is 4.36. The van der Waals surface area contributed by atoms with Crippen LogP contribution in [-0.4, -0.2) is 12.3 Å². The van der Waals surface area contributed by atoms with Crippen molar-refractivity contribution in [2.45, 2.75) is 68.8 Å². The van der Waals surface area contributed by atoms with Crippen LogP contribution in [0.25, 0.3) is 0 Å². The summed E-state index contributed by atoms with van der Waals surface area (Å²) in [7, 11) is 0. The predicted octanol–water partition coefficient (Wildman–Crippen LogP) is 5.48. The van der Waals surface area contributed by atoms with Gasteiger partial charge in [-0.1, -0.05) is 29.3 Å². The molecule has 114 valence electrons. The Labute approximate surface area is 133 Å². The van der Waals surface area contributed by atoms with Crippen molar-refractivity contribution in [2.75, 3.05) is 6.26 Å². The minimum atomic E-state index is 0.455. The average Bonchev–Trinajstić information content (AvgIpc) is 2.47. The Morgan fingerprint density at radius 1 is 1.05 bits per heavy atom. The van der Waals surface area contributed by atoms with Crippen molar-refractivity contribution in [2.24, 2.45) is 0 Å².